The fourth-order valence-corrected chi connectivity index (χ4v) is 2.81. The van der Waals surface area contributed by atoms with E-state index in [9.17, 15) is 5.11 Å². The zero-order chi connectivity index (χ0) is 13.8. The number of likely N-dealkylation sites (tertiary alicyclic amines) is 1. The lowest BCUT2D eigenvalue weighted by molar-refractivity contribution is 0.199. The van der Waals surface area contributed by atoms with Crippen LogP contribution in [0.25, 0.3) is 0 Å². The van der Waals surface area contributed by atoms with Gasteiger partial charge in [-0.15, -0.1) is 0 Å². The zero-order valence-electron chi connectivity index (χ0n) is 12.2. The van der Waals surface area contributed by atoms with Gasteiger partial charge < -0.3 is 9.84 Å². The van der Waals surface area contributed by atoms with Crippen LogP contribution >= 0.6 is 0 Å². The van der Waals surface area contributed by atoms with Gasteiger partial charge in [0.1, 0.15) is 5.75 Å². The number of hydrogen-bond acceptors (Lipinski definition) is 3. The lowest BCUT2D eigenvalue weighted by atomic mass is 10.1. The van der Waals surface area contributed by atoms with E-state index in [1.165, 1.54) is 31.5 Å². The Balaban J connectivity index is 2.11. The first-order chi connectivity index (χ1) is 9.13. The van der Waals surface area contributed by atoms with Crippen molar-refractivity contribution in [1.29, 1.82) is 0 Å². The van der Waals surface area contributed by atoms with E-state index in [2.05, 4.69) is 17.9 Å². The number of hydrogen-bond donors (Lipinski definition) is 1. The number of benzene rings is 1. The summed E-state index contributed by atoms with van der Waals surface area (Å²) < 4.78 is 5.44. The largest absolute Gasteiger partial charge is 0.496 e. The molecule has 1 aromatic carbocycles. The van der Waals surface area contributed by atoms with Crippen molar-refractivity contribution < 1.29 is 9.84 Å². The first-order valence-corrected chi connectivity index (χ1v) is 7.21. The molecule has 3 heteroatoms. The molecule has 0 spiro atoms. The maximum atomic E-state index is 9.70. The van der Waals surface area contributed by atoms with Crippen LogP contribution in [0.2, 0.25) is 0 Å². The molecule has 1 fully saturated rings. The fraction of sp³-hybridized carbons (Fsp3) is 0.625. The van der Waals surface area contributed by atoms with Gasteiger partial charge >= 0.3 is 0 Å². The SMILES string of the molecule is CCC1CCN(Cc2cc(C(C)O)ccc2OC)C1. The molecule has 0 radical (unpaired) electrons. The van der Waals surface area contributed by atoms with Crippen LogP contribution in [0, 0.1) is 5.92 Å². The highest BCUT2D eigenvalue weighted by Crippen LogP contribution is 2.27. The smallest absolute Gasteiger partial charge is 0.123 e. The molecule has 1 saturated heterocycles. The van der Waals surface area contributed by atoms with Crippen LogP contribution in [0.3, 0.4) is 0 Å². The number of methoxy groups -OCH3 is 1. The van der Waals surface area contributed by atoms with Crippen molar-refractivity contribution in [3.05, 3.63) is 29.3 Å². The van der Waals surface area contributed by atoms with Crippen molar-refractivity contribution in [2.24, 2.45) is 5.92 Å². The number of rotatable bonds is 5. The maximum Gasteiger partial charge on any atom is 0.123 e. The first kappa shape index (κ1) is 14.4. The summed E-state index contributed by atoms with van der Waals surface area (Å²) in [5.74, 6) is 1.76. The third-order valence-corrected chi connectivity index (χ3v) is 4.13. The lowest BCUT2D eigenvalue weighted by Crippen LogP contribution is -2.20. The average molecular weight is 263 g/mol. The molecule has 106 valence electrons. The van der Waals surface area contributed by atoms with E-state index in [1.807, 2.05) is 12.1 Å². The van der Waals surface area contributed by atoms with Crippen LogP contribution in [0.15, 0.2) is 18.2 Å². The second kappa shape index (κ2) is 6.40. The summed E-state index contributed by atoms with van der Waals surface area (Å²) in [6, 6.07) is 5.97. The van der Waals surface area contributed by atoms with E-state index in [0.29, 0.717) is 0 Å². The molecule has 2 rings (SSSR count). The molecule has 1 aromatic rings. The molecule has 19 heavy (non-hydrogen) atoms. The molecular formula is C16H25NO2. The summed E-state index contributed by atoms with van der Waals surface area (Å²) in [6.07, 6.45) is 2.14. The fourth-order valence-electron chi connectivity index (χ4n) is 2.81. The van der Waals surface area contributed by atoms with Gasteiger partial charge in [-0.25, -0.2) is 0 Å². The molecular weight excluding hydrogens is 238 g/mol. The van der Waals surface area contributed by atoms with Crippen LogP contribution in [0.5, 0.6) is 5.75 Å². The molecule has 1 aliphatic rings. The Morgan fingerprint density at radius 3 is 2.84 bits per heavy atom. The van der Waals surface area contributed by atoms with Crippen molar-refractivity contribution in [2.75, 3.05) is 20.2 Å². The number of ether oxygens (including phenoxy) is 1. The minimum atomic E-state index is -0.424. The van der Waals surface area contributed by atoms with Crippen LogP contribution in [0.4, 0.5) is 0 Å². The Labute approximate surface area is 116 Å². The molecule has 0 aliphatic carbocycles. The number of nitrogens with zero attached hydrogens (tertiary/aromatic N) is 1. The molecule has 0 bridgehead atoms. The molecule has 0 aromatic heterocycles. The minimum Gasteiger partial charge on any atom is -0.496 e. The van der Waals surface area contributed by atoms with Gasteiger partial charge in [0.05, 0.1) is 13.2 Å². The Hall–Kier alpha value is -1.06. The summed E-state index contributed by atoms with van der Waals surface area (Å²) in [6.45, 7) is 7.33. The van der Waals surface area contributed by atoms with Crippen molar-refractivity contribution in [3.63, 3.8) is 0 Å². The summed E-state index contributed by atoms with van der Waals surface area (Å²) >= 11 is 0. The lowest BCUT2D eigenvalue weighted by Gasteiger charge is -2.19. The Morgan fingerprint density at radius 1 is 1.47 bits per heavy atom. The summed E-state index contributed by atoms with van der Waals surface area (Å²) in [5.41, 5.74) is 2.14. The van der Waals surface area contributed by atoms with E-state index in [1.54, 1.807) is 14.0 Å². The Morgan fingerprint density at radius 2 is 2.26 bits per heavy atom. The quantitative estimate of drug-likeness (QED) is 0.886. The van der Waals surface area contributed by atoms with Crippen LogP contribution in [0.1, 0.15) is 43.9 Å². The highest BCUT2D eigenvalue weighted by Gasteiger charge is 2.22. The number of aliphatic hydroxyl groups is 1. The maximum absolute atomic E-state index is 9.70. The Kier molecular flexibility index (Phi) is 4.83. The van der Waals surface area contributed by atoms with E-state index >= 15 is 0 Å². The predicted molar refractivity (Wildman–Crippen MR) is 77.3 cm³/mol. The van der Waals surface area contributed by atoms with Crippen LogP contribution in [-0.2, 0) is 6.54 Å². The van der Waals surface area contributed by atoms with Crippen molar-refractivity contribution in [2.45, 2.75) is 39.3 Å². The topological polar surface area (TPSA) is 32.7 Å². The molecule has 1 aliphatic heterocycles. The van der Waals surface area contributed by atoms with Crippen molar-refractivity contribution in [3.8, 4) is 5.75 Å². The normalized spacial score (nSPS) is 21.6. The summed E-state index contributed by atoms with van der Waals surface area (Å²) in [4.78, 5) is 2.48. The average Bonchev–Trinajstić information content (AvgIpc) is 2.86. The van der Waals surface area contributed by atoms with E-state index in [-0.39, 0.29) is 0 Å². The molecule has 1 N–H and O–H groups in total. The second-order valence-electron chi connectivity index (χ2n) is 5.55. The highest BCUT2D eigenvalue weighted by atomic mass is 16.5. The molecule has 0 amide bonds. The number of aliphatic hydroxyl groups excluding tert-OH is 1. The van der Waals surface area contributed by atoms with Crippen molar-refractivity contribution >= 4 is 0 Å². The van der Waals surface area contributed by atoms with Crippen LogP contribution in [-0.4, -0.2) is 30.2 Å². The summed E-state index contributed by atoms with van der Waals surface area (Å²) in [5, 5.41) is 9.70. The van der Waals surface area contributed by atoms with Gasteiger partial charge in [0, 0.05) is 18.7 Å². The second-order valence-corrected chi connectivity index (χ2v) is 5.55. The first-order valence-electron chi connectivity index (χ1n) is 7.21. The zero-order valence-corrected chi connectivity index (χ0v) is 12.2. The Bertz CT molecular complexity index is 417. The van der Waals surface area contributed by atoms with Crippen molar-refractivity contribution in [1.82, 2.24) is 4.90 Å². The molecule has 2 unspecified atom stereocenters. The molecule has 0 saturated carbocycles. The standard InChI is InChI=1S/C16H25NO2/c1-4-13-7-8-17(10-13)11-15-9-14(12(2)18)5-6-16(15)19-3/h5-6,9,12-13,18H,4,7-8,10-11H2,1-3H3. The molecule has 1 heterocycles. The van der Waals surface area contributed by atoms with E-state index in [4.69, 9.17) is 4.74 Å². The van der Waals surface area contributed by atoms with Gasteiger partial charge in [-0.3, -0.25) is 4.90 Å². The molecule has 3 nitrogen and oxygen atoms in total. The predicted octanol–water partition coefficient (Wildman–Crippen LogP) is 2.98. The third-order valence-electron chi connectivity index (χ3n) is 4.13. The minimum absolute atomic E-state index is 0.424. The third kappa shape index (κ3) is 3.48. The highest BCUT2D eigenvalue weighted by molar-refractivity contribution is 5.38. The monoisotopic (exact) mass is 263 g/mol. The van der Waals surface area contributed by atoms with Gasteiger partial charge in [-0.2, -0.15) is 0 Å². The van der Waals surface area contributed by atoms with Gasteiger partial charge in [0.15, 0.2) is 0 Å². The van der Waals surface area contributed by atoms with E-state index < -0.39 is 6.10 Å². The van der Waals surface area contributed by atoms with Gasteiger partial charge in [-0.05, 0) is 43.5 Å². The van der Waals surface area contributed by atoms with Gasteiger partial charge in [0.2, 0.25) is 0 Å². The van der Waals surface area contributed by atoms with Gasteiger partial charge in [-0.1, -0.05) is 19.4 Å². The van der Waals surface area contributed by atoms with Crippen LogP contribution < -0.4 is 4.74 Å². The molecule has 2 atom stereocenters. The summed E-state index contributed by atoms with van der Waals surface area (Å²) in [7, 11) is 1.71. The van der Waals surface area contributed by atoms with Gasteiger partial charge in [0.25, 0.3) is 0 Å². The van der Waals surface area contributed by atoms with E-state index in [0.717, 1.165) is 23.8 Å².